The van der Waals surface area contributed by atoms with Crippen molar-refractivity contribution in [3.05, 3.63) is 60.8 Å². The zero-order valence-corrected chi connectivity index (χ0v) is 42.7. The second-order valence-corrected chi connectivity index (χ2v) is 20.1. The number of rotatable bonds is 41. The minimum absolute atomic E-state index is 0.0119. The molecule has 1 rings (SSSR count). The number of carbonyl (C=O) groups is 2. The minimum atomic E-state index is -5.39. The molecule has 0 aromatic heterocycles. The molecule has 18 nitrogen and oxygen atoms in total. The highest BCUT2D eigenvalue weighted by Crippen LogP contribution is 2.49. The average Bonchev–Trinajstić information content (AvgIpc) is 3.30. The van der Waals surface area contributed by atoms with E-state index in [9.17, 15) is 64.0 Å². The van der Waals surface area contributed by atoms with Crippen LogP contribution in [0.25, 0.3) is 0 Å². The molecular weight excluding hydrogens is 938 g/mol. The lowest BCUT2D eigenvalue weighted by atomic mass is 9.85. The van der Waals surface area contributed by atoms with E-state index in [0.717, 1.165) is 77.0 Å². The SMILES string of the molecule is CCCCC/C=C\C/C=C\C/C=C\C/C=C\CCCCCC(=O)O[C@H](COC(=O)CCCCCCC[C@@H](O)[C@H](O)C/C=C\CCCCC)COP(=O)(O)O[C@H]1C(O)C(O)C(O)[C@@H](OP(=O)(O)O)C1O. The summed E-state index contributed by atoms with van der Waals surface area (Å²) in [5.41, 5.74) is 0. The molecule has 10 atom stereocenters. The van der Waals surface area contributed by atoms with Crippen molar-refractivity contribution < 1.29 is 87.1 Å². The summed E-state index contributed by atoms with van der Waals surface area (Å²) in [6.45, 7) is 2.87. The lowest BCUT2D eigenvalue weighted by Gasteiger charge is -2.43. The number of esters is 2. The molecule has 0 aromatic rings. The molecule has 400 valence electrons. The standard InChI is InChI=1S/C49H86O18P2/c1-3-5-7-9-11-12-13-14-15-16-17-18-19-20-21-22-23-27-32-36-43(53)65-39(38-64-69(61,62)67-49-46(56)44(54)45(55)48(47(49)57)66-68(58,59)60)37-63-42(52)35-31-28-24-26-30-34-41(51)40(50)33-29-25-10-8-6-4-2/h11-12,14-15,17-18,20-21,25,29,39-41,44-51,54-57H,3-10,13,16,19,22-24,26-28,30-38H2,1-2H3,(H,61,62)(H2,58,59,60)/b12-11-,15-14-,18-17-,21-20-,29-25-/t39-,40-,41-,44?,45?,46?,47?,48-,49+/m1/s1. The molecule has 1 aliphatic carbocycles. The average molecular weight is 1030 g/mol. The van der Waals surface area contributed by atoms with Gasteiger partial charge in [0.05, 0.1) is 18.8 Å². The van der Waals surface area contributed by atoms with E-state index in [4.69, 9.17) is 18.5 Å². The zero-order chi connectivity index (χ0) is 51.3. The summed E-state index contributed by atoms with van der Waals surface area (Å²) in [5, 5.41) is 61.8. The molecule has 0 heterocycles. The molecule has 0 saturated heterocycles. The van der Waals surface area contributed by atoms with Gasteiger partial charge in [0, 0.05) is 12.8 Å². The maximum atomic E-state index is 13.0. The first-order valence-corrected chi connectivity index (χ1v) is 28.0. The lowest BCUT2D eigenvalue weighted by Crippen LogP contribution is -2.64. The largest absolute Gasteiger partial charge is 0.472 e. The van der Waals surface area contributed by atoms with Gasteiger partial charge in [-0.3, -0.25) is 23.2 Å². The number of allylic oxidation sites excluding steroid dienone is 9. The van der Waals surface area contributed by atoms with Crippen LogP contribution in [0.3, 0.4) is 0 Å². The van der Waals surface area contributed by atoms with E-state index >= 15 is 0 Å². The van der Waals surface area contributed by atoms with E-state index in [2.05, 4.69) is 67.0 Å². The van der Waals surface area contributed by atoms with E-state index < -0.39 is 95.7 Å². The van der Waals surface area contributed by atoms with Crippen molar-refractivity contribution in [2.24, 2.45) is 0 Å². The van der Waals surface area contributed by atoms with Gasteiger partial charge in [0.25, 0.3) is 0 Å². The maximum absolute atomic E-state index is 13.0. The fourth-order valence-electron chi connectivity index (χ4n) is 7.21. The monoisotopic (exact) mass is 1020 g/mol. The van der Waals surface area contributed by atoms with Gasteiger partial charge in [-0.05, 0) is 83.5 Å². The number of carbonyl (C=O) groups excluding carboxylic acids is 2. The van der Waals surface area contributed by atoms with Gasteiger partial charge in [0.2, 0.25) is 0 Å². The van der Waals surface area contributed by atoms with Crippen LogP contribution in [0.2, 0.25) is 0 Å². The number of ether oxygens (including phenoxy) is 2. The van der Waals surface area contributed by atoms with Crippen molar-refractivity contribution in [3.63, 3.8) is 0 Å². The first-order chi connectivity index (χ1) is 32.9. The Kier molecular flexibility index (Phi) is 36.7. The number of hydrogen-bond donors (Lipinski definition) is 9. The lowest BCUT2D eigenvalue weighted by molar-refractivity contribution is -0.216. The van der Waals surface area contributed by atoms with Crippen LogP contribution in [0.5, 0.6) is 0 Å². The molecular formula is C49H86O18P2. The van der Waals surface area contributed by atoms with Gasteiger partial charge < -0.3 is 54.8 Å². The Morgan fingerprint density at radius 3 is 1.54 bits per heavy atom. The van der Waals surface area contributed by atoms with Crippen LogP contribution in [-0.2, 0) is 41.8 Å². The Bertz CT molecular complexity index is 1600. The van der Waals surface area contributed by atoms with Crippen LogP contribution >= 0.6 is 15.6 Å². The van der Waals surface area contributed by atoms with Gasteiger partial charge in [-0.25, -0.2) is 9.13 Å². The molecule has 1 aliphatic rings. The topological polar surface area (TPSA) is 296 Å². The first kappa shape index (κ1) is 64.6. The number of aliphatic hydroxyl groups excluding tert-OH is 6. The van der Waals surface area contributed by atoms with Crippen LogP contribution in [0.15, 0.2) is 60.8 Å². The Morgan fingerprint density at radius 1 is 0.522 bits per heavy atom. The quantitative estimate of drug-likeness (QED) is 0.0122. The Hall–Kier alpha value is -2.38. The first-order valence-electron chi connectivity index (χ1n) is 25.0. The summed E-state index contributed by atoms with van der Waals surface area (Å²) in [6.07, 6.45) is 23.2. The van der Waals surface area contributed by atoms with Gasteiger partial charge in [-0.2, -0.15) is 0 Å². The molecule has 5 unspecified atom stereocenters. The molecule has 1 saturated carbocycles. The normalized spacial score (nSPS) is 22.5. The van der Waals surface area contributed by atoms with Crippen molar-refractivity contribution in [2.75, 3.05) is 13.2 Å². The zero-order valence-electron chi connectivity index (χ0n) is 40.9. The van der Waals surface area contributed by atoms with Crippen molar-refractivity contribution in [1.29, 1.82) is 0 Å². The maximum Gasteiger partial charge on any atom is 0.472 e. The van der Waals surface area contributed by atoms with Gasteiger partial charge >= 0.3 is 27.6 Å². The highest BCUT2D eigenvalue weighted by molar-refractivity contribution is 7.47. The van der Waals surface area contributed by atoms with Crippen LogP contribution in [0, 0.1) is 0 Å². The third kappa shape index (κ3) is 33.1. The summed E-state index contributed by atoms with van der Waals surface area (Å²) < 4.78 is 49.3. The molecule has 0 radical (unpaired) electrons. The third-order valence-electron chi connectivity index (χ3n) is 11.3. The molecule has 0 aromatic carbocycles. The molecule has 0 aliphatic heterocycles. The van der Waals surface area contributed by atoms with Crippen LogP contribution in [-0.4, -0.2) is 125 Å². The highest BCUT2D eigenvalue weighted by Gasteiger charge is 2.54. The number of unbranched alkanes of at least 4 members (excludes halogenated alkanes) is 13. The smallest absolute Gasteiger partial charge is 0.462 e. The van der Waals surface area contributed by atoms with Crippen LogP contribution in [0.1, 0.15) is 168 Å². The molecule has 69 heavy (non-hydrogen) atoms. The van der Waals surface area contributed by atoms with Crippen molar-refractivity contribution >= 4 is 27.6 Å². The number of phosphoric ester groups is 2. The number of phosphoric acid groups is 2. The van der Waals surface area contributed by atoms with E-state index in [0.29, 0.717) is 44.9 Å². The van der Waals surface area contributed by atoms with Crippen molar-refractivity contribution in [1.82, 2.24) is 0 Å². The predicted molar refractivity (Wildman–Crippen MR) is 262 cm³/mol. The van der Waals surface area contributed by atoms with E-state index in [1.54, 1.807) is 0 Å². The Morgan fingerprint density at radius 2 is 0.986 bits per heavy atom. The predicted octanol–water partition coefficient (Wildman–Crippen LogP) is 7.78. The molecule has 20 heteroatoms. The van der Waals surface area contributed by atoms with Crippen molar-refractivity contribution in [3.8, 4) is 0 Å². The Balaban J connectivity index is 2.65. The Labute approximate surface area is 410 Å². The highest BCUT2D eigenvalue weighted by atomic mass is 31.2. The van der Waals surface area contributed by atoms with Crippen LogP contribution < -0.4 is 0 Å². The fourth-order valence-corrected chi connectivity index (χ4v) is 8.75. The van der Waals surface area contributed by atoms with Gasteiger partial charge in [0.1, 0.15) is 43.2 Å². The second kappa shape index (κ2) is 39.2. The third-order valence-corrected chi connectivity index (χ3v) is 12.8. The number of hydrogen-bond acceptors (Lipinski definition) is 15. The summed E-state index contributed by atoms with van der Waals surface area (Å²) in [5.74, 6) is -1.36. The van der Waals surface area contributed by atoms with Crippen LogP contribution in [0.4, 0.5) is 0 Å². The van der Waals surface area contributed by atoms with E-state index in [-0.39, 0.29) is 12.8 Å². The molecule has 0 amide bonds. The second-order valence-electron chi connectivity index (χ2n) is 17.5. The van der Waals surface area contributed by atoms with E-state index in [1.807, 2.05) is 12.2 Å². The van der Waals surface area contributed by atoms with Gasteiger partial charge in [-0.15, -0.1) is 0 Å². The summed E-state index contributed by atoms with van der Waals surface area (Å²) >= 11 is 0. The molecule has 9 N–H and O–H groups in total. The molecule has 0 spiro atoms. The number of aliphatic hydroxyl groups is 6. The summed E-state index contributed by atoms with van der Waals surface area (Å²) in [4.78, 5) is 54.4. The van der Waals surface area contributed by atoms with E-state index in [1.165, 1.54) is 19.3 Å². The molecule has 1 fully saturated rings. The van der Waals surface area contributed by atoms with Crippen molar-refractivity contribution in [2.45, 2.75) is 223 Å². The van der Waals surface area contributed by atoms with Gasteiger partial charge in [0.15, 0.2) is 6.10 Å². The minimum Gasteiger partial charge on any atom is -0.462 e. The summed E-state index contributed by atoms with van der Waals surface area (Å²) in [7, 11) is -10.7. The van der Waals surface area contributed by atoms with Gasteiger partial charge in [-0.1, -0.05) is 132 Å². The summed E-state index contributed by atoms with van der Waals surface area (Å²) in [6, 6.07) is 0. The fraction of sp³-hybridized carbons (Fsp3) is 0.755. The molecule has 0 bridgehead atoms.